The molecule has 2 heterocycles. The Morgan fingerprint density at radius 3 is 2.70 bits per heavy atom. The standard InChI is InChI=1S/C15H24N4O/c1-13(11-16)10-15(20)19-8-6-18(7-9-19)12-14-4-2-3-5-17-14/h2-5,13H,6-12,16H2,1H3. The quantitative estimate of drug-likeness (QED) is 0.860. The summed E-state index contributed by atoms with van der Waals surface area (Å²) in [5, 5.41) is 0. The van der Waals surface area contributed by atoms with E-state index in [2.05, 4.69) is 9.88 Å². The van der Waals surface area contributed by atoms with Gasteiger partial charge in [-0.3, -0.25) is 14.7 Å². The third-order valence-corrected chi connectivity index (χ3v) is 3.76. The molecule has 5 nitrogen and oxygen atoms in total. The maximum atomic E-state index is 12.1. The number of amides is 1. The fourth-order valence-corrected chi connectivity index (χ4v) is 2.39. The Hall–Kier alpha value is -1.46. The summed E-state index contributed by atoms with van der Waals surface area (Å²) in [6.07, 6.45) is 2.39. The normalized spacial score (nSPS) is 18.0. The molecule has 1 fully saturated rings. The van der Waals surface area contributed by atoms with Gasteiger partial charge in [0.15, 0.2) is 0 Å². The van der Waals surface area contributed by atoms with Gasteiger partial charge in [0.25, 0.3) is 0 Å². The number of nitrogens with zero attached hydrogens (tertiary/aromatic N) is 3. The number of aromatic nitrogens is 1. The van der Waals surface area contributed by atoms with Crippen LogP contribution in [0, 0.1) is 5.92 Å². The molecule has 1 aromatic heterocycles. The van der Waals surface area contributed by atoms with Gasteiger partial charge in [0, 0.05) is 45.3 Å². The smallest absolute Gasteiger partial charge is 0.222 e. The van der Waals surface area contributed by atoms with E-state index < -0.39 is 0 Å². The largest absolute Gasteiger partial charge is 0.340 e. The number of pyridine rings is 1. The highest BCUT2D eigenvalue weighted by atomic mass is 16.2. The predicted octanol–water partition coefficient (Wildman–Crippen LogP) is 0.711. The van der Waals surface area contributed by atoms with E-state index in [9.17, 15) is 4.79 Å². The molecule has 0 radical (unpaired) electrons. The van der Waals surface area contributed by atoms with E-state index in [1.54, 1.807) is 0 Å². The molecular weight excluding hydrogens is 252 g/mol. The van der Waals surface area contributed by atoms with Gasteiger partial charge in [-0.1, -0.05) is 13.0 Å². The Morgan fingerprint density at radius 2 is 2.10 bits per heavy atom. The van der Waals surface area contributed by atoms with Crippen LogP contribution < -0.4 is 5.73 Å². The van der Waals surface area contributed by atoms with Crippen LogP contribution in [0.25, 0.3) is 0 Å². The van der Waals surface area contributed by atoms with E-state index in [0.717, 1.165) is 38.4 Å². The highest BCUT2D eigenvalue weighted by Crippen LogP contribution is 2.10. The lowest BCUT2D eigenvalue weighted by molar-refractivity contribution is -0.133. The average molecular weight is 276 g/mol. The van der Waals surface area contributed by atoms with Crippen LogP contribution in [0.5, 0.6) is 0 Å². The van der Waals surface area contributed by atoms with Crippen molar-refractivity contribution in [3.8, 4) is 0 Å². The Labute approximate surface area is 120 Å². The second-order valence-corrected chi connectivity index (χ2v) is 5.52. The molecule has 2 rings (SSSR count). The third-order valence-electron chi connectivity index (χ3n) is 3.76. The number of nitrogens with two attached hydrogens (primary N) is 1. The zero-order valence-corrected chi connectivity index (χ0v) is 12.2. The number of carbonyl (C=O) groups is 1. The van der Waals surface area contributed by atoms with Crippen molar-refractivity contribution in [3.63, 3.8) is 0 Å². The first-order valence-electron chi connectivity index (χ1n) is 7.29. The summed E-state index contributed by atoms with van der Waals surface area (Å²) in [6, 6.07) is 5.98. The lowest BCUT2D eigenvalue weighted by atomic mass is 10.1. The van der Waals surface area contributed by atoms with Gasteiger partial charge in [0.05, 0.1) is 5.69 Å². The van der Waals surface area contributed by atoms with E-state index in [0.29, 0.717) is 13.0 Å². The van der Waals surface area contributed by atoms with Crippen molar-refractivity contribution in [2.24, 2.45) is 11.7 Å². The maximum Gasteiger partial charge on any atom is 0.222 e. The molecule has 110 valence electrons. The monoisotopic (exact) mass is 276 g/mol. The number of rotatable bonds is 5. The van der Waals surface area contributed by atoms with Crippen molar-refractivity contribution in [2.75, 3.05) is 32.7 Å². The molecule has 0 spiro atoms. The molecule has 1 aliphatic rings. The first-order chi connectivity index (χ1) is 9.69. The van der Waals surface area contributed by atoms with Gasteiger partial charge in [0.1, 0.15) is 0 Å². The SMILES string of the molecule is CC(CN)CC(=O)N1CCN(Cc2ccccn2)CC1. The van der Waals surface area contributed by atoms with Gasteiger partial charge in [0.2, 0.25) is 5.91 Å². The molecule has 0 bridgehead atoms. The van der Waals surface area contributed by atoms with Crippen LogP contribution in [-0.2, 0) is 11.3 Å². The topological polar surface area (TPSA) is 62.5 Å². The van der Waals surface area contributed by atoms with Gasteiger partial charge >= 0.3 is 0 Å². The summed E-state index contributed by atoms with van der Waals surface area (Å²) in [5.74, 6) is 0.509. The van der Waals surface area contributed by atoms with E-state index >= 15 is 0 Å². The van der Waals surface area contributed by atoms with Crippen molar-refractivity contribution in [1.29, 1.82) is 0 Å². The lowest BCUT2D eigenvalue weighted by Crippen LogP contribution is -2.48. The Bertz CT molecular complexity index is 415. The summed E-state index contributed by atoms with van der Waals surface area (Å²) in [5.41, 5.74) is 6.66. The molecule has 20 heavy (non-hydrogen) atoms. The minimum Gasteiger partial charge on any atom is -0.340 e. The molecular formula is C15H24N4O. The zero-order valence-electron chi connectivity index (χ0n) is 12.2. The molecule has 1 amide bonds. The molecule has 0 saturated carbocycles. The fraction of sp³-hybridized carbons (Fsp3) is 0.600. The summed E-state index contributed by atoms with van der Waals surface area (Å²) in [4.78, 5) is 20.7. The first kappa shape index (κ1) is 14.9. The van der Waals surface area contributed by atoms with Crippen LogP contribution >= 0.6 is 0 Å². The molecule has 0 aliphatic carbocycles. The summed E-state index contributed by atoms with van der Waals surface area (Å²) in [7, 11) is 0. The van der Waals surface area contributed by atoms with Crippen molar-refractivity contribution in [1.82, 2.24) is 14.8 Å². The van der Waals surface area contributed by atoms with E-state index in [-0.39, 0.29) is 11.8 Å². The second-order valence-electron chi connectivity index (χ2n) is 5.52. The predicted molar refractivity (Wildman–Crippen MR) is 78.9 cm³/mol. The molecule has 1 saturated heterocycles. The second kappa shape index (κ2) is 7.36. The van der Waals surface area contributed by atoms with Gasteiger partial charge < -0.3 is 10.6 Å². The minimum atomic E-state index is 0.237. The minimum absolute atomic E-state index is 0.237. The Kier molecular flexibility index (Phi) is 5.49. The van der Waals surface area contributed by atoms with E-state index in [1.807, 2.05) is 36.2 Å². The van der Waals surface area contributed by atoms with Crippen molar-refractivity contribution in [3.05, 3.63) is 30.1 Å². The highest BCUT2D eigenvalue weighted by molar-refractivity contribution is 5.76. The van der Waals surface area contributed by atoms with Crippen molar-refractivity contribution in [2.45, 2.75) is 19.9 Å². The number of carbonyl (C=O) groups excluding carboxylic acids is 1. The summed E-state index contributed by atoms with van der Waals surface area (Å²) in [6.45, 7) is 6.91. The molecule has 1 aromatic rings. The fourth-order valence-electron chi connectivity index (χ4n) is 2.39. The van der Waals surface area contributed by atoms with Crippen LogP contribution in [0.4, 0.5) is 0 Å². The van der Waals surface area contributed by atoms with Gasteiger partial charge in [-0.2, -0.15) is 0 Å². The molecule has 1 unspecified atom stereocenters. The molecule has 2 N–H and O–H groups in total. The average Bonchev–Trinajstić information content (AvgIpc) is 2.49. The lowest BCUT2D eigenvalue weighted by Gasteiger charge is -2.35. The van der Waals surface area contributed by atoms with Crippen LogP contribution in [0.2, 0.25) is 0 Å². The van der Waals surface area contributed by atoms with Gasteiger partial charge in [-0.15, -0.1) is 0 Å². The number of piperazine rings is 1. The van der Waals surface area contributed by atoms with Crippen molar-refractivity contribution >= 4 is 5.91 Å². The molecule has 0 aromatic carbocycles. The summed E-state index contributed by atoms with van der Waals surface area (Å²) < 4.78 is 0. The Morgan fingerprint density at radius 1 is 1.35 bits per heavy atom. The number of hydrogen-bond donors (Lipinski definition) is 1. The molecule has 1 aliphatic heterocycles. The zero-order chi connectivity index (χ0) is 14.4. The first-order valence-corrected chi connectivity index (χ1v) is 7.29. The highest BCUT2D eigenvalue weighted by Gasteiger charge is 2.22. The third kappa shape index (κ3) is 4.28. The van der Waals surface area contributed by atoms with Crippen LogP contribution in [0.1, 0.15) is 19.0 Å². The van der Waals surface area contributed by atoms with Gasteiger partial charge in [-0.05, 0) is 24.6 Å². The Balaban J connectivity index is 1.76. The van der Waals surface area contributed by atoms with Gasteiger partial charge in [-0.25, -0.2) is 0 Å². The molecule has 5 heteroatoms. The van der Waals surface area contributed by atoms with Crippen LogP contribution in [0.15, 0.2) is 24.4 Å². The summed E-state index contributed by atoms with van der Waals surface area (Å²) >= 11 is 0. The van der Waals surface area contributed by atoms with Crippen LogP contribution in [-0.4, -0.2) is 53.4 Å². The molecule has 1 atom stereocenters. The van der Waals surface area contributed by atoms with E-state index in [1.165, 1.54) is 0 Å². The van der Waals surface area contributed by atoms with E-state index in [4.69, 9.17) is 5.73 Å². The maximum absolute atomic E-state index is 12.1. The number of hydrogen-bond acceptors (Lipinski definition) is 4. The van der Waals surface area contributed by atoms with Crippen LogP contribution in [0.3, 0.4) is 0 Å². The van der Waals surface area contributed by atoms with Crippen molar-refractivity contribution < 1.29 is 4.79 Å².